The Bertz CT molecular complexity index is 440. The van der Waals surface area contributed by atoms with Crippen molar-refractivity contribution in [3.05, 3.63) is 35.2 Å². The summed E-state index contributed by atoms with van der Waals surface area (Å²) in [6, 6.07) is 4.18. The second-order valence-corrected chi connectivity index (χ2v) is 7.17. The van der Waals surface area contributed by atoms with Crippen molar-refractivity contribution in [1.82, 2.24) is 4.98 Å². The van der Waals surface area contributed by atoms with Crippen LogP contribution in [-0.4, -0.2) is 4.98 Å². The molecule has 2 heteroatoms. The highest BCUT2D eigenvalue weighted by atomic mass is 15.0. The molecule has 0 amide bonds. The second kappa shape index (κ2) is 4.11. The Hall–Kier alpha value is -1.31. The minimum absolute atomic E-state index is 0.123. The summed E-state index contributed by atoms with van der Waals surface area (Å²) < 4.78 is 0. The van der Waals surface area contributed by atoms with Crippen molar-refractivity contribution in [2.24, 2.45) is 10.8 Å². The Morgan fingerprint density at radius 1 is 1.06 bits per heavy atom. The van der Waals surface area contributed by atoms with Crippen LogP contribution in [0.2, 0.25) is 0 Å². The number of nitrogens with zero attached hydrogens (tertiary/aromatic N) is 1. The molecule has 1 aliphatic heterocycles. The summed E-state index contributed by atoms with van der Waals surface area (Å²) in [7, 11) is 0. The van der Waals surface area contributed by atoms with Gasteiger partial charge >= 0.3 is 0 Å². The van der Waals surface area contributed by atoms with E-state index in [9.17, 15) is 0 Å². The largest absolute Gasteiger partial charge is 0.343 e. The predicted molar refractivity (Wildman–Crippen MR) is 77.5 cm³/mol. The maximum atomic E-state index is 4.45. The molecular weight excluding hydrogens is 220 g/mol. The molecule has 1 aromatic heterocycles. The number of pyridine rings is 1. The minimum atomic E-state index is 0.123. The number of allylic oxidation sites excluding steroid dienone is 2. The van der Waals surface area contributed by atoms with Crippen molar-refractivity contribution in [2.45, 2.75) is 48.0 Å². The lowest BCUT2D eigenvalue weighted by molar-refractivity contribution is 0.435. The van der Waals surface area contributed by atoms with Crippen LogP contribution in [0.25, 0.3) is 0 Å². The average molecular weight is 244 g/mol. The Kier molecular flexibility index (Phi) is 3.00. The van der Waals surface area contributed by atoms with E-state index in [0.29, 0.717) is 0 Å². The molecule has 2 nitrogen and oxygen atoms in total. The first-order chi connectivity index (χ1) is 8.19. The number of hydrogen-bond acceptors (Lipinski definition) is 2. The van der Waals surface area contributed by atoms with Crippen molar-refractivity contribution < 1.29 is 0 Å². The number of rotatable bonds is 0. The number of hydrogen-bond donors (Lipinski definition) is 1. The summed E-state index contributed by atoms with van der Waals surface area (Å²) in [5, 5.41) is 3.56. The zero-order valence-electron chi connectivity index (χ0n) is 12.4. The van der Waals surface area contributed by atoms with E-state index in [0.717, 1.165) is 12.2 Å². The topological polar surface area (TPSA) is 24.9 Å². The third-order valence-corrected chi connectivity index (χ3v) is 3.46. The van der Waals surface area contributed by atoms with Gasteiger partial charge in [-0.15, -0.1) is 0 Å². The van der Waals surface area contributed by atoms with Crippen LogP contribution < -0.4 is 5.32 Å². The molecule has 0 atom stereocenters. The molecule has 0 fully saturated rings. The van der Waals surface area contributed by atoms with Gasteiger partial charge in [0.25, 0.3) is 0 Å². The van der Waals surface area contributed by atoms with Gasteiger partial charge in [0.15, 0.2) is 0 Å². The number of anilines is 1. The van der Waals surface area contributed by atoms with Crippen LogP contribution in [0.5, 0.6) is 0 Å². The highest BCUT2D eigenvalue weighted by Gasteiger charge is 2.32. The van der Waals surface area contributed by atoms with E-state index in [4.69, 9.17) is 0 Å². The van der Waals surface area contributed by atoms with Crippen molar-refractivity contribution >= 4 is 5.82 Å². The van der Waals surface area contributed by atoms with E-state index >= 15 is 0 Å². The van der Waals surface area contributed by atoms with Gasteiger partial charge in [-0.2, -0.15) is 0 Å². The lowest BCUT2D eigenvalue weighted by atomic mass is 9.74. The van der Waals surface area contributed by atoms with Crippen LogP contribution in [0, 0.1) is 10.8 Å². The van der Waals surface area contributed by atoms with E-state index < -0.39 is 0 Å². The SMILES string of the molecule is CC(C)(C)C1=C(C(C)(C)C)Nc2ncccc2C1. The van der Waals surface area contributed by atoms with Gasteiger partial charge in [-0.1, -0.05) is 47.6 Å². The summed E-state index contributed by atoms with van der Waals surface area (Å²) in [5.74, 6) is 1.02. The van der Waals surface area contributed by atoms with E-state index in [1.165, 1.54) is 16.8 Å². The lowest BCUT2D eigenvalue weighted by Gasteiger charge is -2.37. The van der Waals surface area contributed by atoms with E-state index in [1.807, 2.05) is 12.3 Å². The van der Waals surface area contributed by atoms with Crippen molar-refractivity contribution in [3.8, 4) is 0 Å². The van der Waals surface area contributed by atoms with Crippen LogP contribution in [0.15, 0.2) is 29.6 Å². The summed E-state index contributed by atoms with van der Waals surface area (Å²) >= 11 is 0. The standard InChI is InChI=1S/C16H24N2/c1-15(2,3)12-10-11-8-7-9-17-14(11)18-13(12)16(4,5)6/h7-9H,10H2,1-6H3,(H,17,18). The molecule has 18 heavy (non-hydrogen) atoms. The molecule has 0 saturated carbocycles. The van der Waals surface area contributed by atoms with Crippen molar-refractivity contribution in [2.75, 3.05) is 5.32 Å². The van der Waals surface area contributed by atoms with Gasteiger partial charge in [-0.3, -0.25) is 0 Å². The maximum absolute atomic E-state index is 4.45. The van der Waals surface area contributed by atoms with Gasteiger partial charge in [0.1, 0.15) is 5.82 Å². The van der Waals surface area contributed by atoms with E-state index in [-0.39, 0.29) is 10.8 Å². The normalized spacial score (nSPS) is 16.3. The molecule has 0 aliphatic carbocycles. The highest BCUT2D eigenvalue weighted by molar-refractivity contribution is 5.57. The van der Waals surface area contributed by atoms with Crippen LogP contribution >= 0.6 is 0 Å². The Morgan fingerprint density at radius 2 is 1.72 bits per heavy atom. The zero-order valence-corrected chi connectivity index (χ0v) is 12.4. The average Bonchev–Trinajstić information content (AvgIpc) is 2.25. The quantitative estimate of drug-likeness (QED) is 0.732. The first-order valence-corrected chi connectivity index (χ1v) is 6.64. The van der Waals surface area contributed by atoms with Gasteiger partial charge in [-0.05, 0) is 29.0 Å². The monoisotopic (exact) mass is 244 g/mol. The molecular formula is C16H24N2. The molecule has 98 valence electrons. The number of nitrogens with one attached hydrogen (secondary N) is 1. The lowest BCUT2D eigenvalue weighted by Crippen LogP contribution is -2.29. The molecule has 0 unspecified atom stereocenters. The molecule has 0 spiro atoms. The van der Waals surface area contributed by atoms with Gasteiger partial charge in [0.05, 0.1) is 0 Å². The third kappa shape index (κ3) is 2.43. The van der Waals surface area contributed by atoms with Crippen LogP contribution in [0.4, 0.5) is 5.82 Å². The van der Waals surface area contributed by atoms with Crippen LogP contribution in [-0.2, 0) is 6.42 Å². The fourth-order valence-corrected chi connectivity index (χ4v) is 2.45. The molecule has 2 heterocycles. The smallest absolute Gasteiger partial charge is 0.133 e. The fourth-order valence-electron chi connectivity index (χ4n) is 2.45. The van der Waals surface area contributed by atoms with Gasteiger partial charge < -0.3 is 5.32 Å². The van der Waals surface area contributed by atoms with E-state index in [1.54, 1.807) is 0 Å². The molecule has 1 aromatic rings. The Labute approximate surface area is 111 Å². The highest BCUT2D eigenvalue weighted by Crippen LogP contribution is 2.42. The Balaban J connectivity index is 2.53. The summed E-state index contributed by atoms with van der Waals surface area (Å²) in [5.41, 5.74) is 4.44. The molecule has 2 rings (SSSR count). The number of aromatic nitrogens is 1. The maximum Gasteiger partial charge on any atom is 0.133 e. The summed E-state index contributed by atoms with van der Waals surface area (Å²) in [6.07, 6.45) is 2.86. The van der Waals surface area contributed by atoms with Crippen LogP contribution in [0.3, 0.4) is 0 Å². The third-order valence-electron chi connectivity index (χ3n) is 3.46. The zero-order chi connectivity index (χ0) is 13.6. The van der Waals surface area contributed by atoms with Gasteiger partial charge in [0.2, 0.25) is 0 Å². The molecule has 0 bridgehead atoms. The predicted octanol–water partition coefficient (Wildman–Crippen LogP) is 4.40. The Morgan fingerprint density at radius 3 is 2.28 bits per heavy atom. The molecule has 0 radical (unpaired) electrons. The van der Waals surface area contributed by atoms with Crippen molar-refractivity contribution in [3.63, 3.8) is 0 Å². The number of fused-ring (bicyclic) bond motifs is 1. The van der Waals surface area contributed by atoms with Gasteiger partial charge in [-0.25, -0.2) is 4.98 Å². The van der Waals surface area contributed by atoms with E-state index in [2.05, 4.69) is 57.9 Å². The van der Waals surface area contributed by atoms with Crippen molar-refractivity contribution in [1.29, 1.82) is 0 Å². The second-order valence-electron chi connectivity index (χ2n) is 7.17. The molecule has 0 saturated heterocycles. The fraction of sp³-hybridized carbons (Fsp3) is 0.562. The summed E-state index contributed by atoms with van der Waals surface area (Å²) in [6.45, 7) is 13.6. The van der Waals surface area contributed by atoms with Crippen LogP contribution in [0.1, 0.15) is 47.1 Å². The summed E-state index contributed by atoms with van der Waals surface area (Å²) in [4.78, 5) is 4.45. The minimum Gasteiger partial charge on any atom is -0.343 e. The molecule has 1 aliphatic rings. The van der Waals surface area contributed by atoms with Gasteiger partial charge in [0, 0.05) is 17.3 Å². The molecule has 1 N–H and O–H groups in total. The first kappa shape index (κ1) is 13.1. The first-order valence-electron chi connectivity index (χ1n) is 6.64. The molecule has 0 aromatic carbocycles.